The van der Waals surface area contributed by atoms with Crippen LogP contribution < -0.4 is 5.32 Å². The Balaban J connectivity index is 2.31. The molecule has 4 heteroatoms. The molecule has 0 aromatic carbocycles. The number of aromatic nitrogens is 2. The van der Waals surface area contributed by atoms with Crippen molar-refractivity contribution in [2.24, 2.45) is 4.99 Å². The highest BCUT2D eigenvalue weighted by Gasteiger charge is 2.15. The molecule has 0 aliphatic heterocycles. The molecule has 1 aliphatic rings. The van der Waals surface area contributed by atoms with Gasteiger partial charge in [0.2, 0.25) is 0 Å². The predicted molar refractivity (Wildman–Crippen MR) is 61.3 cm³/mol. The third-order valence-electron chi connectivity index (χ3n) is 2.76. The van der Waals surface area contributed by atoms with Crippen molar-refractivity contribution < 1.29 is 0 Å². The van der Waals surface area contributed by atoms with Crippen molar-refractivity contribution in [3.05, 3.63) is 17.6 Å². The van der Waals surface area contributed by atoms with Crippen LogP contribution in [-0.2, 0) is 12.8 Å². The van der Waals surface area contributed by atoms with Crippen molar-refractivity contribution in [1.82, 2.24) is 9.97 Å². The van der Waals surface area contributed by atoms with E-state index in [9.17, 15) is 0 Å². The van der Waals surface area contributed by atoms with Gasteiger partial charge in [0.1, 0.15) is 12.1 Å². The second-order valence-electron chi connectivity index (χ2n) is 3.79. The maximum atomic E-state index is 4.32. The lowest BCUT2D eigenvalue weighted by molar-refractivity contribution is 0.664. The van der Waals surface area contributed by atoms with Crippen LogP contribution in [-0.4, -0.2) is 22.9 Å². The molecule has 0 atom stereocenters. The quantitative estimate of drug-likeness (QED) is 0.560. The number of amidine groups is 1. The first-order chi connectivity index (χ1) is 7.31. The number of anilines is 1. The van der Waals surface area contributed by atoms with E-state index in [0.717, 1.165) is 24.5 Å². The highest BCUT2D eigenvalue weighted by Crippen LogP contribution is 2.24. The van der Waals surface area contributed by atoms with Crippen LogP contribution in [0, 0.1) is 0 Å². The van der Waals surface area contributed by atoms with Crippen LogP contribution >= 0.6 is 0 Å². The molecule has 0 spiro atoms. The fraction of sp³-hybridized carbons (Fsp3) is 0.545. The second kappa shape index (κ2) is 4.38. The van der Waals surface area contributed by atoms with Gasteiger partial charge < -0.3 is 5.32 Å². The normalized spacial score (nSPS) is 16.0. The molecule has 0 unspecified atom stereocenters. The molecule has 1 aromatic heterocycles. The molecule has 0 amide bonds. The topological polar surface area (TPSA) is 50.2 Å². The molecule has 0 radical (unpaired) electrons. The molecule has 1 N–H and O–H groups in total. The lowest BCUT2D eigenvalue weighted by Gasteiger charge is -2.17. The summed E-state index contributed by atoms with van der Waals surface area (Å²) in [4.78, 5) is 12.7. The summed E-state index contributed by atoms with van der Waals surface area (Å²) in [5.74, 6) is 1.82. The molecule has 1 aromatic rings. The van der Waals surface area contributed by atoms with Crippen LogP contribution in [0.1, 0.15) is 31.0 Å². The van der Waals surface area contributed by atoms with Crippen LogP contribution in [0.4, 0.5) is 5.82 Å². The molecule has 15 heavy (non-hydrogen) atoms. The van der Waals surface area contributed by atoms with Crippen LogP contribution in [0.5, 0.6) is 0 Å². The second-order valence-corrected chi connectivity index (χ2v) is 3.79. The minimum absolute atomic E-state index is 0.890. The summed E-state index contributed by atoms with van der Waals surface area (Å²) in [5.41, 5.74) is 2.47. The number of hydrogen-bond donors (Lipinski definition) is 1. The molecule has 0 fully saturated rings. The Morgan fingerprint density at radius 3 is 2.93 bits per heavy atom. The first-order valence-corrected chi connectivity index (χ1v) is 5.34. The van der Waals surface area contributed by atoms with E-state index < -0.39 is 0 Å². The monoisotopic (exact) mass is 204 g/mol. The summed E-state index contributed by atoms with van der Waals surface area (Å²) in [6.07, 6.45) is 6.27. The number of aliphatic imine (C=N–C) groups is 1. The van der Waals surface area contributed by atoms with Crippen LogP contribution in [0.15, 0.2) is 11.3 Å². The zero-order chi connectivity index (χ0) is 10.7. The van der Waals surface area contributed by atoms with Crippen molar-refractivity contribution in [2.75, 3.05) is 12.4 Å². The molecular formula is C11H16N4. The number of aryl methyl sites for hydroxylation is 1. The number of hydrogen-bond acceptors (Lipinski definition) is 3. The van der Waals surface area contributed by atoms with Crippen molar-refractivity contribution in [3.63, 3.8) is 0 Å². The maximum absolute atomic E-state index is 4.32. The Kier molecular flexibility index (Phi) is 2.94. The molecule has 0 saturated heterocycles. The van der Waals surface area contributed by atoms with Gasteiger partial charge >= 0.3 is 0 Å². The van der Waals surface area contributed by atoms with Crippen molar-refractivity contribution in [3.8, 4) is 0 Å². The highest BCUT2D eigenvalue weighted by atomic mass is 15.1. The van der Waals surface area contributed by atoms with Crippen molar-refractivity contribution in [2.45, 2.75) is 32.6 Å². The average Bonchev–Trinajstić information content (AvgIpc) is 2.29. The van der Waals surface area contributed by atoms with E-state index in [2.05, 4.69) is 20.3 Å². The minimum Gasteiger partial charge on any atom is -0.329 e. The van der Waals surface area contributed by atoms with Gasteiger partial charge in [-0.1, -0.05) is 0 Å². The SMILES string of the molecule is CN=C(C)Nc1ncnc2c1CCCC2. The van der Waals surface area contributed by atoms with E-state index in [1.807, 2.05) is 6.92 Å². The van der Waals surface area contributed by atoms with Gasteiger partial charge in [0.15, 0.2) is 0 Å². The van der Waals surface area contributed by atoms with E-state index in [4.69, 9.17) is 0 Å². The van der Waals surface area contributed by atoms with E-state index in [1.54, 1.807) is 13.4 Å². The van der Waals surface area contributed by atoms with Gasteiger partial charge in [-0.3, -0.25) is 4.99 Å². The van der Waals surface area contributed by atoms with Crippen LogP contribution in [0.3, 0.4) is 0 Å². The van der Waals surface area contributed by atoms with Gasteiger partial charge in [-0.2, -0.15) is 0 Å². The Morgan fingerprint density at radius 2 is 2.13 bits per heavy atom. The minimum atomic E-state index is 0.890. The van der Waals surface area contributed by atoms with Gasteiger partial charge in [-0.15, -0.1) is 0 Å². The van der Waals surface area contributed by atoms with Crippen molar-refractivity contribution in [1.29, 1.82) is 0 Å². The number of nitrogens with zero attached hydrogens (tertiary/aromatic N) is 3. The first-order valence-electron chi connectivity index (χ1n) is 5.34. The number of fused-ring (bicyclic) bond motifs is 1. The van der Waals surface area contributed by atoms with Gasteiger partial charge in [0, 0.05) is 18.3 Å². The Hall–Kier alpha value is -1.45. The molecule has 80 valence electrons. The Bertz CT molecular complexity index is 384. The van der Waals surface area contributed by atoms with Crippen LogP contribution in [0.2, 0.25) is 0 Å². The average molecular weight is 204 g/mol. The third kappa shape index (κ3) is 2.14. The summed E-state index contributed by atoms with van der Waals surface area (Å²) in [7, 11) is 1.77. The molecule has 0 bridgehead atoms. The van der Waals surface area contributed by atoms with E-state index in [0.29, 0.717) is 0 Å². The Labute approximate surface area is 89.9 Å². The molecule has 2 rings (SSSR count). The van der Waals surface area contributed by atoms with Gasteiger partial charge in [-0.25, -0.2) is 9.97 Å². The Morgan fingerprint density at radius 1 is 1.33 bits per heavy atom. The summed E-state index contributed by atoms with van der Waals surface area (Å²) in [5, 5.41) is 3.22. The maximum Gasteiger partial charge on any atom is 0.138 e. The summed E-state index contributed by atoms with van der Waals surface area (Å²) in [6, 6.07) is 0. The largest absolute Gasteiger partial charge is 0.329 e. The van der Waals surface area contributed by atoms with Crippen molar-refractivity contribution >= 4 is 11.7 Å². The van der Waals surface area contributed by atoms with E-state index in [1.165, 1.54) is 24.1 Å². The summed E-state index contributed by atoms with van der Waals surface area (Å²) >= 11 is 0. The van der Waals surface area contributed by atoms with Gasteiger partial charge in [0.25, 0.3) is 0 Å². The smallest absolute Gasteiger partial charge is 0.138 e. The molecular weight excluding hydrogens is 188 g/mol. The zero-order valence-corrected chi connectivity index (χ0v) is 9.25. The predicted octanol–water partition coefficient (Wildman–Crippen LogP) is 1.82. The lowest BCUT2D eigenvalue weighted by Crippen LogP contribution is -2.15. The van der Waals surface area contributed by atoms with Crippen LogP contribution in [0.25, 0.3) is 0 Å². The third-order valence-corrected chi connectivity index (χ3v) is 2.76. The number of rotatable bonds is 1. The molecule has 4 nitrogen and oxygen atoms in total. The summed E-state index contributed by atoms with van der Waals surface area (Å²) in [6.45, 7) is 1.94. The van der Waals surface area contributed by atoms with E-state index in [-0.39, 0.29) is 0 Å². The standard InChI is InChI=1S/C11H16N4/c1-8(12-2)15-11-9-5-3-4-6-10(9)13-7-14-11/h7H,3-6H2,1-2H3,(H,12,13,14,15). The fourth-order valence-electron chi connectivity index (χ4n) is 1.86. The number of nitrogens with one attached hydrogen (secondary N) is 1. The van der Waals surface area contributed by atoms with Gasteiger partial charge in [0.05, 0.1) is 5.84 Å². The molecule has 0 saturated carbocycles. The molecule has 1 heterocycles. The van der Waals surface area contributed by atoms with Gasteiger partial charge in [-0.05, 0) is 32.6 Å². The first kappa shape index (κ1) is 10.1. The highest BCUT2D eigenvalue weighted by molar-refractivity contribution is 5.93. The van der Waals surface area contributed by atoms with E-state index >= 15 is 0 Å². The summed E-state index contributed by atoms with van der Waals surface area (Å²) < 4.78 is 0. The fourth-order valence-corrected chi connectivity index (χ4v) is 1.86. The lowest BCUT2D eigenvalue weighted by atomic mass is 9.96. The molecule has 1 aliphatic carbocycles. The zero-order valence-electron chi connectivity index (χ0n) is 9.25.